The number of hydrogen-bond donors (Lipinski definition) is 2. The highest BCUT2D eigenvalue weighted by Gasteiger charge is 2.22. The number of aromatic nitrogens is 1. The number of anilines is 2. The maximum absolute atomic E-state index is 13.2. The van der Waals surface area contributed by atoms with E-state index in [0.29, 0.717) is 40.1 Å². The number of piperazine rings is 1. The predicted molar refractivity (Wildman–Crippen MR) is 125 cm³/mol. The zero-order valence-corrected chi connectivity index (χ0v) is 17.9. The molecule has 32 heavy (non-hydrogen) atoms. The minimum Gasteiger partial charge on any atom is -0.462 e. The summed E-state index contributed by atoms with van der Waals surface area (Å²) in [4.78, 5) is 32.0. The lowest BCUT2D eigenvalue weighted by atomic mass is 10.1. The quantitative estimate of drug-likeness (QED) is 0.480. The summed E-state index contributed by atoms with van der Waals surface area (Å²) < 4.78 is 5.48. The van der Waals surface area contributed by atoms with Crippen molar-refractivity contribution in [3.63, 3.8) is 0 Å². The number of benzene rings is 2. The molecule has 1 fully saturated rings. The van der Waals surface area contributed by atoms with Gasteiger partial charge in [0, 0.05) is 30.0 Å². The van der Waals surface area contributed by atoms with Crippen molar-refractivity contribution in [1.82, 2.24) is 10.3 Å². The van der Waals surface area contributed by atoms with Crippen LogP contribution in [0.1, 0.15) is 9.67 Å². The summed E-state index contributed by atoms with van der Waals surface area (Å²) in [6.45, 7) is 1.72. The molecule has 3 heterocycles. The molecule has 1 aliphatic rings. The monoisotopic (exact) mass is 444 g/mol. The van der Waals surface area contributed by atoms with Gasteiger partial charge >= 0.3 is 0 Å². The second-order valence-electron chi connectivity index (χ2n) is 7.31. The first kappa shape index (κ1) is 20.0. The van der Waals surface area contributed by atoms with Crippen LogP contribution in [0.4, 0.5) is 11.4 Å². The van der Waals surface area contributed by atoms with Crippen LogP contribution >= 0.6 is 11.3 Å². The number of thiazole rings is 1. The Morgan fingerprint density at radius 1 is 1.06 bits per heavy atom. The summed E-state index contributed by atoms with van der Waals surface area (Å²) in [6, 6.07) is 20.8. The van der Waals surface area contributed by atoms with Crippen LogP contribution < -0.4 is 15.5 Å². The summed E-state index contributed by atoms with van der Waals surface area (Å²) in [5.74, 6) is 0.407. The zero-order chi connectivity index (χ0) is 21.9. The van der Waals surface area contributed by atoms with E-state index < -0.39 is 0 Å². The Bertz CT molecular complexity index is 1230. The van der Waals surface area contributed by atoms with Gasteiger partial charge in [-0.15, -0.1) is 11.3 Å². The molecule has 2 aromatic heterocycles. The van der Waals surface area contributed by atoms with Gasteiger partial charge in [0.05, 0.1) is 18.5 Å². The average molecular weight is 445 g/mol. The fourth-order valence-corrected chi connectivity index (χ4v) is 4.52. The number of rotatable bonds is 5. The Morgan fingerprint density at radius 3 is 2.59 bits per heavy atom. The smallest absolute Gasteiger partial charge is 0.268 e. The molecule has 0 radical (unpaired) electrons. The van der Waals surface area contributed by atoms with Crippen LogP contribution in [-0.2, 0) is 4.79 Å². The summed E-state index contributed by atoms with van der Waals surface area (Å²) in [5, 5.41) is 6.44. The SMILES string of the molecule is O=C1CN(c2ccc(NC(=O)c3sc(-c4ccco4)nc3-c3ccccc3)cc2)CCN1. The highest BCUT2D eigenvalue weighted by atomic mass is 32.1. The van der Waals surface area contributed by atoms with Crippen LogP contribution in [-0.4, -0.2) is 36.4 Å². The summed E-state index contributed by atoms with van der Waals surface area (Å²) >= 11 is 1.30. The first-order valence-electron chi connectivity index (χ1n) is 10.2. The van der Waals surface area contributed by atoms with Crippen molar-refractivity contribution in [3.8, 4) is 22.0 Å². The lowest BCUT2D eigenvalue weighted by Gasteiger charge is -2.28. The minimum atomic E-state index is -0.232. The molecule has 0 saturated carbocycles. The Balaban J connectivity index is 1.40. The average Bonchev–Trinajstić information content (AvgIpc) is 3.50. The van der Waals surface area contributed by atoms with E-state index in [2.05, 4.69) is 15.6 Å². The molecule has 7 nitrogen and oxygen atoms in total. The van der Waals surface area contributed by atoms with E-state index in [1.54, 1.807) is 12.3 Å². The Labute approximate surface area is 188 Å². The molecule has 160 valence electrons. The number of nitrogens with zero attached hydrogens (tertiary/aromatic N) is 2. The molecule has 2 N–H and O–H groups in total. The highest BCUT2D eigenvalue weighted by Crippen LogP contribution is 2.34. The normalized spacial score (nSPS) is 13.6. The van der Waals surface area contributed by atoms with Gasteiger partial charge in [-0.05, 0) is 36.4 Å². The van der Waals surface area contributed by atoms with Crippen LogP contribution in [0.2, 0.25) is 0 Å². The van der Waals surface area contributed by atoms with Gasteiger partial charge in [-0.1, -0.05) is 30.3 Å². The topological polar surface area (TPSA) is 87.5 Å². The molecule has 0 spiro atoms. The number of amides is 2. The molecule has 0 atom stereocenters. The molecule has 2 aromatic carbocycles. The Kier molecular flexibility index (Phi) is 5.43. The third-order valence-electron chi connectivity index (χ3n) is 5.14. The van der Waals surface area contributed by atoms with Crippen LogP contribution in [0.25, 0.3) is 22.0 Å². The first-order chi connectivity index (χ1) is 15.7. The molecule has 5 rings (SSSR count). The number of nitrogens with one attached hydrogen (secondary N) is 2. The Hall–Kier alpha value is -3.91. The van der Waals surface area contributed by atoms with E-state index in [1.165, 1.54) is 11.3 Å². The number of hydrogen-bond acceptors (Lipinski definition) is 6. The highest BCUT2D eigenvalue weighted by molar-refractivity contribution is 7.17. The third kappa shape index (κ3) is 4.13. The van der Waals surface area contributed by atoms with Gasteiger partial charge in [-0.2, -0.15) is 0 Å². The van der Waals surface area contributed by atoms with Gasteiger partial charge in [0.25, 0.3) is 5.91 Å². The van der Waals surface area contributed by atoms with E-state index in [-0.39, 0.29) is 11.8 Å². The van der Waals surface area contributed by atoms with E-state index in [1.807, 2.05) is 65.6 Å². The first-order valence-corrected chi connectivity index (χ1v) is 11.0. The molecule has 2 amide bonds. The van der Waals surface area contributed by atoms with Crippen molar-refractivity contribution in [3.05, 3.63) is 77.9 Å². The molecular formula is C24H20N4O3S. The molecule has 8 heteroatoms. The summed E-state index contributed by atoms with van der Waals surface area (Å²) in [6.07, 6.45) is 1.59. The zero-order valence-electron chi connectivity index (χ0n) is 17.1. The molecule has 0 bridgehead atoms. The fourth-order valence-electron chi connectivity index (χ4n) is 3.57. The molecule has 0 unspecified atom stereocenters. The number of carbonyl (C=O) groups is 2. The predicted octanol–water partition coefficient (Wildman–Crippen LogP) is 4.26. The van der Waals surface area contributed by atoms with Gasteiger partial charge in [-0.25, -0.2) is 4.98 Å². The summed E-state index contributed by atoms with van der Waals surface area (Å²) in [7, 11) is 0. The van der Waals surface area contributed by atoms with Crippen LogP contribution in [0.5, 0.6) is 0 Å². The summed E-state index contributed by atoms with van der Waals surface area (Å²) in [5.41, 5.74) is 3.11. The lowest BCUT2D eigenvalue weighted by Crippen LogP contribution is -2.47. The van der Waals surface area contributed by atoms with Crippen molar-refractivity contribution >= 4 is 34.5 Å². The van der Waals surface area contributed by atoms with Gasteiger partial charge < -0.3 is 20.0 Å². The second-order valence-corrected chi connectivity index (χ2v) is 8.31. The third-order valence-corrected chi connectivity index (χ3v) is 6.21. The van der Waals surface area contributed by atoms with Crippen molar-refractivity contribution in [2.45, 2.75) is 0 Å². The van der Waals surface area contributed by atoms with Crippen molar-refractivity contribution in [2.75, 3.05) is 29.9 Å². The number of carbonyl (C=O) groups excluding carboxylic acids is 2. The molecule has 1 aliphatic heterocycles. The fraction of sp³-hybridized carbons (Fsp3) is 0.125. The number of furan rings is 1. The standard InChI is InChI=1S/C24H20N4O3S/c29-20-15-28(13-12-25-20)18-10-8-17(9-11-18)26-23(30)22-21(16-5-2-1-3-6-16)27-24(32-22)19-7-4-14-31-19/h1-11,14H,12-13,15H2,(H,25,29)(H,26,30). The van der Waals surface area contributed by atoms with Crippen LogP contribution in [0.15, 0.2) is 77.4 Å². The maximum Gasteiger partial charge on any atom is 0.268 e. The van der Waals surface area contributed by atoms with E-state index in [0.717, 1.165) is 17.8 Å². The lowest BCUT2D eigenvalue weighted by molar-refractivity contribution is -0.120. The van der Waals surface area contributed by atoms with Crippen molar-refractivity contribution in [2.24, 2.45) is 0 Å². The van der Waals surface area contributed by atoms with Crippen LogP contribution in [0.3, 0.4) is 0 Å². The van der Waals surface area contributed by atoms with E-state index >= 15 is 0 Å². The van der Waals surface area contributed by atoms with E-state index in [9.17, 15) is 9.59 Å². The molecule has 4 aromatic rings. The van der Waals surface area contributed by atoms with Crippen molar-refractivity contribution < 1.29 is 14.0 Å². The molecular weight excluding hydrogens is 424 g/mol. The molecule has 1 saturated heterocycles. The van der Waals surface area contributed by atoms with E-state index in [4.69, 9.17) is 4.42 Å². The van der Waals surface area contributed by atoms with Crippen LogP contribution in [0, 0.1) is 0 Å². The van der Waals surface area contributed by atoms with Gasteiger partial charge in [0.15, 0.2) is 10.8 Å². The maximum atomic E-state index is 13.2. The van der Waals surface area contributed by atoms with Crippen molar-refractivity contribution in [1.29, 1.82) is 0 Å². The Morgan fingerprint density at radius 2 is 1.88 bits per heavy atom. The molecule has 0 aliphatic carbocycles. The van der Waals surface area contributed by atoms with Gasteiger partial charge in [0.1, 0.15) is 4.88 Å². The van der Waals surface area contributed by atoms with Gasteiger partial charge in [-0.3, -0.25) is 9.59 Å². The van der Waals surface area contributed by atoms with Gasteiger partial charge in [0.2, 0.25) is 5.91 Å². The largest absolute Gasteiger partial charge is 0.462 e. The minimum absolute atomic E-state index is 0.0135. The second kappa shape index (κ2) is 8.68.